The van der Waals surface area contributed by atoms with Crippen molar-refractivity contribution < 1.29 is 22.7 Å². The molecule has 2 fully saturated rings. The summed E-state index contributed by atoms with van der Waals surface area (Å²) in [6.07, 6.45) is 2.61. The molecule has 0 saturated carbocycles. The van der Waals surface area contributed by atoms with Crippen LogP contribution in [0.2, 0.25) is 0 Å². The van der Waals surface area contributed by atoms with E-state index in [-0.39, 0.29) is 35.4 Å². The number of piperazine rings is 1. The van der Waals surface area contributed by atoms with Crippen molar-refractivity contribution in [1.29, 1.82) is 0 Å². The molecule has 2 aliphatic heterocycles. The molecule has 9 nitrogen and oxygen atoms in total. The number of carbonyl (C=O) groups is 2. The van der Waals surface area contributed by atoms with Crippen LogP contribution in [0.1, 0.15) is 43.5 Å². The van der Waals surface area contributed by atoms with Crippen molar-refractivity contribution in [3.8, 4) is 0 Å². The second-order valence-electron chi connectivity index (χ2n) is 8.46. The number of hydrogen-bond donors (Lipinski definition) is 2. The first-order valence-electron chi connectivity index (χ1n) is 11.3. The number of rotatable bonds is 9. The lowest BCUT2D eigenvalue weighted by Gasteiger charge is -2.34. The van der Waals surface area contributed by atoms with Crippen LogP contribution < -0.4 is 10.0 Å². The van der Waals surface area contributed by atoms with Gasteiger partial charge in [0.05, 0.1) is 17.5 Å². The average Bonchev–Trinajstić information content (AvgIpc) is 3.31. The molecule has 32 heavy (non-hydrogen) atoms. The van der Waals surface area contributed by atoms with Gasteiger partial charge in [-0.3, -0.25) is 14.5 Å². The number of benzene rings is 1. The number of carbonyl (C=O) groups excluding carboxylic acids is 2. The maximum absolute atomic E-state index is 12.8. The van der Waals surface area contributed by atoms with Crippen LogP contribution in [0.25, 0.3) is 0 Å². The molecular weight excluding hydrogens is 432 g/mol. The summed E-state index contributed by atoms with van der Waals surface area (Å²) in [7, 11) is -3.64. The third-order valence-corrected chi connectivity index (χ3v) is 7.42. The lowest BCUT2D eigenvalue weighted by atomic mass is 10.2. The molecule has 2 saturated heterocycles. The number of sulfonamides is 1. The zero-order chi connectivity index (χ0) is 23.1. The Labute approximate surface area is 190 Å². The second kappa shape index (κ2) is 11.2. The Hall–Kier alpha value is -2.01. The van der Waals surface area contributed by atoms with E-state index in [0.29, 0.717) is 44.9 Å². The van der Waals surface area contributed by atoms with E-state index in [2.05, 4.69) is 10.0 Å². The van der Waals surface area contributed by atoms with Crippen molar-refractivity contribution in [3.63, 3.8) is 0 Å². The highest BCUT2D eigenvalue weighted by atomic mass is 32.2. The molecule has 0 aliphatic carbocycles. The molecule has 2 amide bonds. The molecule has 10 heteroatoms. The molecule has 2 aliphatic rings. The van der Waals surface area contributed by atoms with Crippen molar-refractivity contribution in [2.24, 2.45) is 0 Å². The van der Waals surface area contributed by atoms with E-state index in [9.17, 15) is 18.0 Å². The van der Waals surface area contributed by atoms with E-state index in [4.69, 9.17) is 4.74 Å². The predicted molar refractivity (Wildman–Crippen MR) is 121 cm³/mol. The number of nitrogens with one attached hydrogen (secondary N) is 2. The number of amides is 2. The second-order valence-corrected chi connectivity index (χ2v) is 10.2. The number of ether oxygens (including phenoxy) is 1. The summed E-state index contributed by atoms with van der Waals surface area (Å²) in [5.41, 5.74) is 0.450. The van der Waals surface area contributed by atoms with Crippen molar-refractivity contribution in [2.45, 2.75) is 50.2 Å². The highest BCUT2D eigenvalue weighted by Crippen LogP contribution is 2.15. The van der Waals surface area contributed by atoms with Crippen molar-refractivity contribution >= 4 is 21.8 Å². The van der Waals surface area contributed by atoms with E-state index >= 15 is 0 Å². The van der Waals surface area contributed by atoms with Crippen LogP contribution in [0.4, 0.5) is 0 Å². The lowest BCUT2D eigenvalue weighted by Crippen LogP contribution is -2.51. The summed E-state index contributed by atoms with van der Waals surface area (Å²) in [6.45, 7) is 7.56. The molecule has 178 valence electrons. The summed E-state index contributed by atoms with van der Waals surface area (Å²) < 4.78 is 33.0. The molecule has 1 aromatic rings. The van der Waals surface area contributed by atoms with Gasteiger partial charge in [-0.15, -0.1) is 0 Å². The summed E-state index contributed by atoms with van der Waals surface area (Å²) in [6, 6.07) is 6.17. The highest BCUT2D eigenvalue weighted by molar-refractivity contribution is 7.89. The normalized spacial score (nSPS) is 20.8. The Bertz CT molecular complexity index is 876. The lowest BCUT2D eigenvalue weighted by molar-refractivity contribution is -0.123. The molecule has 1 aromatic carbocycles. The van der Waals surface area contributed by atoms with Crippen molar-refractivity contribution in [3.05, 3.63) is 29.8 Å². The largest absolute Gasteiger partial charge is 0.377 e. The Morgan fingerprint density at radius 1 is 1.16 bits per heavy atom. The summed E-state index contributed by atoms with van der Waals surface area (Å²) in [5, 5.41) is 2.96. The summed E-state index contributed by atoms with van der Waals surface area (Å²) in [5.74, 6) is -0.131. The van der Waals surface area contributed by atoms with Crippen LogP contribution in [-0.4, -0.2) is 88.1 Å². The Morgan fingerprint density at radius 2 is 1.84 bits per heavy atom. The first kappa shape index (κ1) is 24.6. The SMILES string of the molecule is CCC(C)NC(=O)CN1CCN(C(=O)c2ccc(S(=O)(=O)NCC3CCCO3)cc2)CC1. The van der Waals surface area contributed by atoms with Gasteiger partial charge < -0.3 is 15.0 Å². The van der Waals surface area contributed by atoms with E-state index in [1.54, 1.807) is 17.0 Å². The summed E-state index contributed by atoms with van der Waals surface area (Å²) in [4.78, 5) is 28.8. The van der Waals surface area contributed by atoms with Crippen molar-refractivity contribution in [1.82, 2.24) is 19.8 Å². The number of nitrogens with zero attached hydrogens (tertiary/aromatic N) is 2. The Kier molecular flexibility index (Phi) is 8.64. The van der Waals surface area contributed by atoms with Crippen LogP contribution >= 0.6 is 0 Å². The maximum Gasteiger partial charge on any atom is 0.253 e. The molecule has 2 unspecified atom stereocenters. The smallest absolute Gasteiger partial charge is 0.253 e. The van der Waals surface area contributed by atoms with Gasteiger partial charge in [0.2, 0.25) is 15.9 Å². The third kappa shape index (κ3) is 6.74. The molecule has 2 atom stereocenters. The van der Waals surface area contributed by atoms with Gasteiger partial charge in [-0.05, 0) is 50.5 Å². The first-order valence-corrected chi connectivity index (χ1v) is 12.8. The topological polar surface area (TPSA) is 108 Å². The van der Waals surface area contributed by atoms with Crippen LogP contribution in [0, 0.1) is 0 Å². The minimum atomic E-state index is -3.64. The molecule has 2 heterocycles. The zero-order valence-electron chi connectivity index (χ0n) is 18.9. The van der Waals surface area contributed by atoms with Gasteiger partial charge >= 0.3 is 0 Å². The fourth-order valence-electron chi connectivity index (χ4n) is 3.79. The molecule has 3 rings (SSSR count). The van der Waals surface area contributed by atoms with E-state index in [1.165, 1.54) is 12.1 Å². The van der Waals surface area contributed by atoms with Gasteiger partial charge in [0.25, 0.3) is 5.91 Å². The van der Waals surface area contributed by atoms with Crippen LogP contribution in [0.5, 0.6) is 0 Å². The molecule has 0 spiro atoms. The van der Waals surface area contributed by atoms with E-state index in [1.807, 2.05) is 18.7 Å². The van der Waals surface area contributed by atoms with Gasteiger partial charge in [0, 0.05) is 50.9 Å². The number of hydrogen-bond acceptors (Lipinski definition) is 6. The zero-order valence-corrected chi connectivity index (χ0v) is 19.7. The Balaban J connectivity index is 1.49. The Morgan fingerprint density at radius 3 is 2.44 bits per heavy atom. The van der Waals surface area contributed by atoms with E-state index in [0.717, 1.165) is 19.3 Å². The van der Waals surface area contributed by atoms with Gasteiger partial charge in [-0.1, -0.05) is 6.92 Å². The fraction of sp³-hybridized carbons (Fsp3) is 0.636. The highest BCUT2D eigenvalue weighted by Gasteiger charge is 2.25. The van der Waals surface area contributed by atoms with Gasteiger partial charge in [-0.2, -0.15) is 0 Å². The summed E-state index contributed by atoms with van der Waals surface area (Å²) >= 11 is 0. The first-order chi connectivity index (χ1) is 15.3. The molecule has 2 N–H and O–H groups in total. The maximum atomic E-state index is 12.8. The minimum Gasteiger partial charge on any atom is -0.377 e. The quantitative estimate of drug-likeness (QED) is 0.558. The molecule has 0 bridgehead atoms. The monoisotopic (exact) mass is 466 g/mol. The standard InChI is InChI=1S/C22H34N4O5S/c1-3-17(2)24-21(27)16-25-10-12-26(13-11-25)22(28)18-6-8-20(9-7-18)32(29,30)23-15-19-5-4-14-31-19/h6-9,17,19,23H,3-5,10-16H2,1-2H3,(H,24,27). The third-order valence-electron chi connectivity index (χ3n) is 5.98. The minimum absolute atomic E-state index is 0.00373. The van der Waals surface area contributed by atoms with Gasteiger partial charge in [-0.25, -0.2) is 13.1 Å². The van der Waals surface area contributed by atoms with Crippen LogP contribution in [0.3, 0.4) is 0 Å². The fourth-order valence-corrected chi connectivity index (χ4v) is 4.85. The predicted octanol–water partition coefficient (Wildman–Crippen LogP) is 0.816. The average molecular weight is 467 g/mol. The van der Waals surface area contributed by atoms with Crippen molar-refractivity contribution in [2.75, 3.05) is 45.9 Å². The van der Waals surface area contributed by atoms with E-state index < -0.39 is 10.0 Å². The van der Waals surface area contributed by atoms with Gasteiger partial charge in [0.15, 0.2) is 0 Å². The molecule has 0 radical (unpaired) electrons. The molecule has 0 aromatic heterocycles. The van der Waals surface area contributed by atoms with Gasteiger partial charge in [0.1, 0.15) is 0 Å². The van der Waals surface area contributed by atoms with Crippen LogP contribution in [0.15, 0.2) is 29.2 Å². The van der Waals surface area contributed by atoms with Crippen LogP contribution in [-0.2, 0) is 19.6 Å². The molecular formula is C22H34N4O5S.